The third-order valence-corrected chi connectivity index (χ3v) is 2.96. The van der Waals surface area contributed by atoms with Crippen molar-refractivity contribution >= 4 is 21.8 Å². The molecular weight excluding hydrogens is 285 g/mol. The van der Waals surface area contributed by atoms with Gasteiger partial charge >= 0.3 is 0 Å². The van der Waals surface area contributed by atoms with Crippen molar-refractivity contribution in [3.05, 3.63) is 35.6 Å². The Hall–Kier alpha value is -0.900. The van der Waals surface area contributed by atoms with Gasteiger partial charge in [-0.05, 0) is 30.0 Å². The Morgan fingerprint density at radius 2 is 2.29 bits per heavy atom. The van der Waals surface area contributed by atoms with Crippen LogP contribution in [0.4, 0.5) is 4.39 Å². The first kappa shape index (κ1) is 14.2. The molecule has 94 valence electrons. The lowest BCUT2D eigenvalue weighted by Crippen LogP contribution is -2.29. The van der Waals surface area contributed by atoms with Crippen LogP contribution in [0.1, 0.15) is 18.9 Å². The van der Waals surface area contributed by atoms with Crippen LogP contribution in [0.15, 0.2) is 24.3 Å². The fourth-order valence-corrected chi connectivity index (χ4v) is 2.25. The lowest BCUT2D eigenvalue weighted by molar-refractivity contribution is -0.120. The number of carbonyl (C=O) groups is 1. The molecule has 0 aliphatic heterocycles. The second-order valence-electron chi connectivity index (χ2n) is 4.19. The summed E-state index contributed by atoms with van der Waals surface area (Å²) in [6.45, 7) is 2.75. The van der Waals surface area contributed by atoms with E-state index in [1.54, 1.807) is 12.1 Å². The van der Waals surface area contributed by atoms with E-state index in [-0.39, 0.29) is 18.1 Å². The van der Waals surface area contributed by atoms with Crippen molar-refractivity contribution in [1.29, 1.82) is 0 Å². The highest BCUT2D eigenvalue weighted by Crippen LogP contribution is 2.05. The molecule has 1 atom stereocenters. The number of halogens is 2. The molecule has 0 bridgehead atoms. The maximum absolute atomic E-state index is 12.9. The van der Waals surface area contributed by atoms with Gasteiger partial charge in [-0.1, -0.05) is 35.0 Å². The maximum Gasteiger partial charge on any atom is 0.224 e. The van der Waals surface area contributed by atoms with Crippen molar-refractivity contribution in [2.24, 2.45) is 5.92 Å². The summed E-state index contributed by atoms with van der Waals surface area (Å²) >= 11 is 3.36. The van der Waals surface area contributed by atoms with E-state index in [9.17, 15) is 9.18 Å². The zero-order chi connectivity index (χ0) is 12.7. The van der Waals surface area contributed by atoms with Crippen molar-refractivity contribution in [3.63, 3.8) is 0 Å². The van der Waals surface area contributed by atoms with Gasteiger partial charge in [0, 0.05) is 11.9 Å². The van der Waals surface area contributed by atoms with Crippen molar-refractivity contribution in [2.75, 3.05) is 11.9 Å². The van der Waals surface area contributed by atoms with Gasteiger partial charge in [-0.2, -0.15) is 0 Å². The van der Waals surface area contributed by atoms with Crippen LogP contribution >= 0.6 is 15.9 Å². The van der Waals surface area contributed by atoms with Crippen molar-refractivity contribution < 1.29 is 9.18 Å². The molecule has 2 nitrogen and oxygen atoms in total. The lowest BCUT2D eigenvalue weighted by atomic mass is 10.1. The third-order valence-electron chi connectivity index (χ3n) is 2.50. The van der Waals surface area contributed by atoms with Crippen LogP contribution in [-0.2, 0) is 11.2 Å². The summed E-state index contributed by atoms with van der Waals surface area (Å²) in [6.07, 6.45) is 1.26. The number of alkyl halides is 1. The fourth-order valence-electron chi connectivity index (χ4n) is 1.47. The van der Waals surface area contributed by atoms with Crippen LogP contribution in [-0.4, -0.2) is 17.8 Å². The molecule has 0 aromatic heterocycles. The Bertz CT molecular complexity index is 370. The summed E-state index contributed by atoms with van der Waals surface area (Å²) in [5, 5.41) is 3.79. The van der Waals surface area contributed by atoms with E-state index in [0.717, 1.165) is 11.8 Å². The number of carbonyl (C=O) groups excluding carboxylic acids is 1. The largest absolute Gasteiger partial charge is 0.356 e. The van der Waals surface area contributed by atoms with Crippen molar-refractivity contribution in [1.82, 2.24) is 5.32 Å². The number of hydrogen-bond acceptors (Lipinski definition) is 1. The van der Waals surface area contributed by atoms with Gasteiger partial charge < -0.3 is 5.32 Å². The molecule has 0 saturated heterocycles. The molecule has 1 rings (SSSR count). The van der Waals surface area contributed by atoms with E-state index < -0.39 is 0 Å². The highest BCUT2D eigenvalue weighted by molar-refractivity contribution is 9.09. The van der Waals surface area contributed by atoms with Crippen molar-refractivity contribution in [2.45, 2.75) is 19.8 Å². The second-order valence-corrected chi connectivity index (χ2v) is 4.99. The lowest BCUT2D eigenvalue weighted by Gasteiger charge is -2.11. The molecule has 0 aliphatic carbocycles. The summed E-state index contributed by atoms with van der Waals surface area (Å²) in [5.41, 5.74) is 0.704. The van der Waals surface area contributed by atoms with Crippen LogP contribution in [0, 0.1) is 11.7 Å². The molecule has 0 aliphatic rings. The SMILES string of the molecule is CC(CCBr)CNC(=O)Cc1cccc(F)c1. The Kier molecular flexibility index (Phi) is 6.19. The van der Waals surface area contributed by atoms with Gasteiger partial charge in [-0.3, -0.25) is 4.79 Å². The van der Waals surface area contributed by atoms with E-state index in [1.807, 2.05) is 0 Å². The normalized spacial score (nSPS) is 12.2. The summed E-state index contributed by atoms with van der Waals surface area (Å²) in [7, 11) is 0. The molecule has 0 radical (unpaired) electrons. The number of nitrogens with one attached hydrogen (secondary N) is 1. The monoisotopic (exact) mass is 301 g/mol. The minimum atomic E-state index is -0.303. The van der Waals surface area contributed by atoms with E-state index in [4.69, 9.17) is 0 Å². The highest BCUT2D eigenvalue weighted by Gasteiger charge is 2.06. The molecule has 1 N–H and O–H groups in total. The number of benzene rings is 1. The van der Waals surface area contributed by atoms with Crippen LogP contribution in [0.25, 0.3) is 0 Å². The summed E-state index contributed by atoms with van der Waals surface area (Å²) < 4.78 is 12.9. The van der Waals surface area contributed by atoms with Gasteiger partial charge in [0.1, 0.15) is 5.82 Å². The van der Waals surface area contributed by atoms with E-state index in [0.29, 0.717) is 18.0 Å². The molecule has 0 spiro atoms. The average molecular weight is 302 g/mol. The molecule has 17 heavy (non-hydrogen) atoms. The van der Waals surface area contributed by atoms with Gasteiger partial charge in [-0.15, -0.1) is 0 Å². The quantitative estimate of drug-likeness (QED) is 0.804. The Morgan fingerprint density at radius 1 is 1.53 bits per heavy atom. The minimum Gasteiger partial charge on any atom is -0.356 e. The van der Waals surface area contributed by atoms with Crippen LogP contribution in [0.3, 0.4) is 0 Å². The Morgan fingerprint density at radius 3 is 2.94 bits per heavy atom. The average Bonchev–Trinajstić information content (AvgIpc) is 2.27. The van der Waals surface area contributed by atoms with Gasteiger partial charge in [0.25, 0.3) is 0 Å². The van der Waals surface area contributed by atoms with E-state index in [2.05, 4.69) is 28.2 Å². The van der Waals surface area contributed by atoms with E-state index in [1.165, 1.54) is 12.1 Å². The molecule has 1 aromatic rings. The topological polar surface area (TPSA) is 29.1 Å². The summed E-state index contributed by atoms with van der Waals surface area (Å²) in [4.78, 5) is 11.6. The third kappa shape index (κ3) is 5.82. The van der Waals surface area contributed by atoms with E-state index >= 15 is 0 Å². The first-order valence-corrected chi connectivity index (χ1v) is 6.81. The molecule has 0 fully saturated rings. The molecule has 4 heteroatoms. The zero-order valence-corrected chi connectivity index (χ0v) is 11.5. The van der Waals surface area contributed by atoms with Crippen LogP contribution in [0.5, 0.6) is 0 Å². The van der Waals surface area contributed by atoms with Crippen LogP contribution in [0.2, 0.25) is 0 Å². The number of hydrogen-bond donors (Lipinski definition) is 1. The number of rotatable bonds is 6. The van der Waals surface area contributed by atoms with Crippen molar-refractivity contribution in [3.8, 4) is 0 Å². The predicted octanol–water partition coefficient (Wildman–Crippen LogP) is 2.91. The fraction of sp³-hybridized carbons (Fsp3) is 0.462. The second kappa shape index (κ2) is 7.43. The maximum atomic E-state index is 12.9. The highest BCUT2D eigenvalue weighted by atomic mass is 79.9. The van der Waals surface area contributed by atoms with Gasteiger partial charge in [0.05, 0.1) is 6.42 Å². The van der Waals surface area contributed by atoms with Crippen LogP contribution < -0.4 is 5.32 Å². The Balaban J connectivity index is 2.34. The first-order chi connectivity index (χ1) is 8.11. The minimum absolute atomic E-state index is 0.0583. The molecule has 1 unspecified atom stereocenters. The van der Waals surface area contributed by atoms with Gasteiger partial charge in [0.15, 0.2) is 0 Å². The van der Waals surface area contributed by atoms with Gasteiger partial charge in [-0.25, -0.2) is 4.39 Å². The molecular formula is C13H17BrFNO. The Labute approximate surface area is 110 Å². The van der Waals surface area contributed by atoms with Gasteiger partial charge in [0.2, 0.25) is 5.91 Å². The smallest absolute Gasteiger partial charge is 0.224 e. The predicted molar refractivity (Wildman–Crippen MR) is 70.7 cm³/mol. The molecule has 1 aromatic carbocycles. The standard InChI is InChI=1S/C13H17BrFNO/c1-10(5-6-14)9-16-13(17)8-11-3-2-4-12(15)7-11/h2-4,7,10H,5-6,8-9H2,1H3,(H,16,17). The summed E-state index contributed by atoms with van der Waals surface area (Å²) in [5.74, 6) is 0.0887. The molecule has 1 amide bonds. The summed E-state index contributed by atoms with van der Waals surface area (Å²) in [6, 6.07) is 6.14. The molecule has 0 saturated carbocycles. The molecule has 0 heterocycles. The number of amides is 1. The first-order valence-electron chi connectivity index (χ1n) is 5.69. The zero-order valence-electron chi connectivity index (χ0n) is 9.88.